The van der Waals surface area contributed by atoms with Crippen LogP contribution in [0.5, 0.6) is 0 Å². The number of nitrogens with zero attached hydrogens (tertiary/aromatic N) is 3. The fraction of sp³-hybridized carbons (Fsp3) is 0.533. The van der Waals surface area contributed by atoms with E-state index in [2.05, 4.69) is 47.2 Å². The Bertz CT molecular complexity index is 538. The van der Waals surface area contributed by atoms with E-state index >= 15 is 0 Å². The summed E-state index contributed by atoms with van der Waals surface area (Å²) in [5, 5.41) is 4.21. The average Bonchev–Trinajstić information content (AvgIpc) is 3.01. The Labute approximate surface area is 125 Å². The zero-order valence-electron chi connectivity index (χ0n) is 12.4. The van der Waals surface area contributed by atoms with Crippen LogP contribution in [-0.4, -0.2) is 20.7 Å². The van der Waals surface area contributed by atoms with Crippen LogP contribution in [0.4, 0.5) is 0 Å². The quantitative estimate of drug-likeness (QED) is 0.849. The molecule has 110 valence electrons. The molecule has 0 aliphatic rings. The fourth-order valence-electron chi connectivity index (χ4n) is 2.42. The first-order valence-corrected chi connectivity index (χ1v) is 7.58. The third-order valence-corrected chi connectivity index (χ3v) is 3.91. The first kappa shape index (κ1) is 15.1. The van der Waals surface area contributed by atoms with Gasteiger partial charge in [-0.3, -0.25) is 0 Å². The molecule has 0 amide bonds. The lowest BCUT2D eigenvalue weighted by atomic mass is 10.1. The molecule has 5 heteroatoms. The first-order chi connectivity index (χ1) is 9.65. The molecule has 2 aromatic heterocycles. The second kappa shape index (κ2) is 6.95. The molecule has 2 aromatic rings. The van der Waals surface area contributed by atoms with Gasteiger partial charge in [0.25, 0.3) is 0 Å². The minimum Gasteiger partial charge on any atom is -0.346 e. The summed E-state index contributed by atoms with van der Waals surface area (Å²) in [5.41, 5.74) is 1.34. The summed E-state index contributed by atoms with van der Waals surface area (Å²) in [4.78, 5) is 4.33. The Balaban J connectivity index is 2.09. The summed E-state index contributed by atoms with van der Waals surface area (Å²) in [6.07, 6.45) is 8.34. The number of imidazole rings is 1. The van der Waals surface area contributed by atoms with Crippen molar-refractivity contribution in [2.24, 2.45) is 7.05 Å². The van der Waals surface area contributed by atoms with E-state index in [0.29, 0.717) is 11.2 Å². The molecule has 0 bridgehead atoms. The van der Waals surface area contributed by atoms with Crippen molar-refractivity contribution in [2.45, 2.75) is 39.3 Å². The number of nitrogens with one attached hydrogen (secondary N) is 1. The molecule has 1 atom stereocenters. The third kappa shape index (κ3) is 3.44. The van der Waals surface area contributed by atoms with Crippen molar-refractivity contribution in [3.8, 4) is 0 Å². The second-order valence-corrected chi connectivity index (χ2v) is 5.46. The van der Waals surface area contributed by atoms with Gasteiger partial charge in [-0.05, 0) is 24.6 Å². The van der Waals surface area contributed by atoms with E-state index in [1.54, 1.807) is 6.20 Å². The molecule has 0 aromatic carbocycles. The van der Waals surface area contributed by atoms with Gasteiger partial charge in [0.15, 0.2) is 0 Å². The molecule has 1 unspecified atom stereocenters. The molecular weight excluding hydrogens is 272 g/mol. The lowest BCUT2D eigenvalue weighted by Gasteiger charge is -2.15. The van der Waals surface area contributed by atoms with Crippen LogP contribution in [0, 0.1) is 0 Å². The van der Waals surface area contributed by atoms with Crippen molar-refractivity contribution in [3.05, 3.63) is 41.2 Å². The number of aromatic nitrogens is 3. The third-order valence-electron chi connectivity index (χ3n) is 3.56. The van der Waals surface area contributed by atoms with E-state index in [0.717, 1.165) is 25.3 Å². The molecule has 0 fully saturated rings. The van der Waals surface area contributed by atoms with Gasteiger partial charge in [0.1, 0.15) is 11.0 Å². The lowest BCUT2D eigenvalue weighted by Crippen LogP contribution is -2.20. The summed E-state index contributed by atoms with van der Waals surface area (Å²) < 4.78 is 4.07. The van der Waals surface area contributed by atoms with Crippen LogP contribution in [0.15, 0.2) is 24.7 Å². The van der Waals surface area contributed by atoms with Gasteiger partial charge in [0, 0.05) is 25.5 Å². The van der Waals surface area contributed by atoms with Gasteiger partial charge in [-0.1, -0.05) is 31.9 Å². The summed E-state index contributed by atoms with van der Waals surface area (Å²) in [6, 6.07) is 2.63. The lowest BCUT2D eigenvalue weighted by molar-refractivity contribution is 0.508. The Morgan fingerprint density at radius 3 is 2.80 bits per heavy atom. The van der Waals surface area contributed by atoms with Crippen molar-refractivity contribution >= 4 is 11.6 Å². The smallest absolute Gasteiger partial charge is 0.129 e. The van der Waals surface area contributed by atoms with Gasteiger partial charge in [0.05, 0.1) is 12.7 Å². The summed E-state index contributed by atoms with van der Waals surface area (Å²) in [7, 11) is 1.94. The maximum atomic E-state index is 6.01. The molecule has 20 heavy (non-hydrogen) atoms. The van der Waals surface area contributed by atoms with Gasteiger partial charge in [-0.15, -0.1) is 0 Å². The molecule has 0 saturated heterocycles. The molecule has 2 heterocycles. The Kier molecular flexibility index (Phi) is 5.26. The summed E-state index contributed by atoms with van der Waals surface area (Å²) in [6.45, 7) is 6.10. The molecule has 0 spiro atoms. The van der Waals surface area contributed by atoms with E-state index in [4.69, 9.17) is 11.6 Å². The van der Waals surface area contributed by atoms with Crippen molar-refractivity contribution in [1.82, 2.24) is 19.4 Å². The van der Waals surface area contributed by atoms with Crippen LogP contribution in [0.1, 0.15) is 44.1 Å². The zero-order valence-corrected chi connectivity index (χ0v) is 13.2. The van der Waals surface area contributed by atoms with E-state index in [-0.39, 0.29) is 0 Å². The van der Waals surface area contributed by atoms with Gasteiger partial charge in [-0.2, -0.15) is 0 Å². The second-order valence-electron chi connectivity index (χ2n) is 5.07. The van der Waals surface area contributed by atoms with E-state index in [9.17, 15) is 0 Å². The number of hydrogen-bond acceptors (Lipinski definition) is 2. The van der Waals surface area contributed by atoms with Crippen molar-refractivity contribution in [3.63, 3.8) is 0 Å². The highest BCUT2D eigenvalue weighted by Crippen LogP contribution is 2.19. The van der Waals surface area contributed by atoms with Crippen LogP contribution in [0.25, 0.3) is 0 Å². The summed E-state index contributed by atoms with van der Waals surface area (Å²) >= 11 is 6.01. The Morgan fingerprint density at radius 1 is 1.40 bits per heavy atom. The van der Waals surface area contributed by atoms with Crippen LogP contribution in [0.2, 0.25) is 5.15 Å². The van der Waals surface area contributed by atoms with Crippen molar-refractivity contribution in [1.29, 1.82) is 0 Å². The molecule has 4 nitrogen and oxygen atoms in total. The highest BCUT2D eigenvalue weighted by molar-refractivity contribution is 6.29. The topological polar surface area (TPSA) is 34.8 Å². The monoisotopic (exact) mass is 294 g/mol. The summed E-state index contributed by atoms with van der Waals surface area (Å²) in [5.74, 6) is 0.965. The maximum Gasteiger partial charge on any atom is 0.129 e. The van der Waals surface area contributed by atoms with Crippen molar-refractivity contribution in [2.75, 3.05) is 6.54 Å². The number of halogens is 1. The standard InChI is InChI=1S/C15H23ClN4/c1-4-6-13(17-5-2)12-7-8-20(10-12)11-15-18-9-14(16)19(15)3/h7-10,13,17H,4-6,11H2,1-3H3. The van der Waals surface area contributed by atoms with Crippen LogP contribution in [-0.2, 0) is 13.6 Å². The fourth-order valence-corrected chi connectivity index (χ4v) is 2.57. The first-order valence-electron chi connectivity index (χ1n) is 7.20. The molecule has 0 aliphatic heterocycles. The van der Waals surface area contributed by atoms with Crippen LogP contribution >= 0.6 is 11.6 Å². The van der Waals surface area contributed by atoms with E-state index in [1.165, 1.54) is 12.0 Å². The largest absolute Gasteiger partial charge is 0.346 e. The molecule has 0 aliphatic carbocycles. The van der Waals surface area contributed by atoms with Gasteiger partial charge in [0.2, 0.25) is 0 Å². The highest BCUT2D eigenvalue weighted by atomic mass is 35.5. The normalized spacial score (nSPS) is 12.8. The van der Waals surface area contributed by atoms with Crippen molar-refractivity contribution < 1.29 is 0 Å². The van der Waals surface area contributed by atoms with Crippen LogP contribution in [0.3, 0.4) is 0 Å². The molecule has 2 rings (SSSR count). The molecule has 0 radical (unpaired) electrons. The minimum atomic E-state index is 0.441. The van der Waals surface area contributed by atoms with Gasteiger partial charge < -0.3 is 14.5 Å². The highest BCUT2D eigenvalue weighted by Gasteiger charge is 2.11. The molecule has 0 saturated carbocycles. The predicted molar refractivity (Wildman–Crippen MR) is 83.1 cm³/mol. The van der Waals surface area contributed by atoms with Gasteiger partial charge >= 0.3 is 0 Å². The maximum absolute atomic E-state index is 6.01. The SMILES string of the molecule is CCCC(NCC)c1ccn(Cc2ncc(Cl)n2C)c1. The Morgan fingerprint density at radius 2 is 2.20 bits per heavy atom. The zero-order chi connectivity index (χ0) is 14.5. The predicted octanol–water partition coefficient (Wildman–Crippen LogP) is 3.37. The average molecular weight is 295 g/mol. The molecule has 1 N–H and O–H groups in total. The number of hydrogen-bond donors (Lipinski definition) is 1. The van der Waals surface area contributed by atoms with Crippen LogP contribution < -0.4 is 5.32 Å². The Hall–Kier alpha value is -1.26. The molecular formula is C15H23ClN4. The number of rotatable bonds is 7. The minimum absolute atomic E-state index is 0.441. The van der Waals surface area contributed by atoms with E-state index in [1.807, 2.05) is 11.6 Å². The van der Waals surface area contributed by atoms with E-state index < -0.39 is 0 Å². The van der Waals surface area contributed by atoms with Gasteiger partial charge in [-0.25, -0.2) is 4.98 Å².